The second kappa shape index (κ2) is 7.29. The van der Waals surface area contributed by atoms with Gasteiger partial charge in [0.1, 0.15) is 5.82 Å². The Bertz CT molecular complexity index is 486. The number of pyridine rings is 1. The number of amides is 1. The zero-order valence-electron chi connectivity index (χ0n) is 12.0. The molecule has 3 N–H and O–H groups in total. The average Bonchev–Trinajstić information content (AvgIpc) is 2.68. The third-order valence-electron chi connectivity index (χ3n) is 4.46. The summed E-state index contributed by atoms with van der Waals surface area (Å²) < 4.78 is 0. The van der Waals surface area contributed by atoms with Gasteiger partial charge in [0, 0.05) is 37.9 Å². The molecule has 1 aliphatic heterocycles. The summed E-state index contributed by atoms with van der Waals surface area (Å²) >= 11 is 0. The van der Waals surface area contributed by atoms with E-state index in [1.807, 2.05) is 4.90 Å². The van der Waals surface area contributed by atoms with E-state index in [9.17, 15) is 4.79 Å². The Kier molecular flexibility index (Phi) is 6.25. The van der Waals surface area contributed by atoms with E-state index in [1.54, 1.807) is 25.4 Å². The van der Waals surface area contributed by atoms with Crippen LogP contribution in [0.3, 0.4) is 0 Å². The van der Waals surface area contributed by atoms with Crippen LogP contribution in [0.2, 0.25) is 0 Å². The van der Waals surface area contributed by atoms with E-state index in [-0.39, 0.29) is 36.8 Å². The number of likely N-dealkylation sites (tertiary alicyclic amines) is 1. The van der Waals surface area contributed by atoms with E-state index in [2.05, 4.69) is 10.3 Å². The first-order chi connectivity index (χ1) is 9.19. The molecular weight excluding hydrogens is 311 g/mol. The maximum atomic E-state index is 12.5. The summed E-state index contributed by atoms with van der Waals surface area (Å²) in [6, 6.07) is 3.87. The highest BCUT2D eigenvalue weighted by Crippen LogP contribution is 2.36. The van der Waals surface area contributed by atoms with Crippen molar-refractivity contribution < 1.29 is 4.79 Å². The molecule has 1 saturated heterocycles. The lowest BCUT2D eigenvalue weighted by molar-refractivity contribution is 0.0637. The predicted octanol–water partition coefficient (Wildman–Crippen LogP) is 1.78. The molecule has 1 aromatic heterocycles. The number of aromatic nitrogens is 1. The monoisotopic (exact) mass is 332 g/mol. The van der Waals surface area contributed by atoms with Crippen LogP contribution in [0, 0.1) is 11.8 Å². The second-order valence-electron chi connectivity index (χ2n) is 5.56. The summed E-state index contributed by atoms with van der Waals surface area (Å²) in [5, 5.41) is 2.96. The molecule has 7 heteroatoms. The normalized spacial score (nSPS) is 26.6. The van der Waals surface area contributed by atoms with Gasteiger partial charge in [0.05, 0.1) is 0 Å². The van der Waals surface area contributed by atoms with Gasteiger partial charge in [-0.1, -0.05) is 0 Å². The number of anilines is 1. The molecular formula is C14H22Cl2N4O. The van der Waals surface area contributed by atoms with Crippen LogP contribution in [0.1, 0.15) is 23.2 Å². The number of rotatable bonds is 2. The van der Waals surface area contributed by atoms with Gasteiger partial charge in [-0.25, -0.2) is 4.98 Å². The van der Waals surface area contributed by atoms with Crippen molar-refractivity contribution in [3.63, 3.8) is 0 Å². The Morgan fingerprint density at radius 1 is 1.33 bits per heavy atom. The Labute approximate surface area is 137 Å². The van der Waals surface area contributed by atoms with Gasteiger partial charge in [-0.2, -0.15) is 0 Å². The summed E-state index contributed by atoms with van der Waals surface area (Å²) in [4.78, 5) is 18.6. The van der Waals surface area contributed by atoms with Crippen LogP contribution >= 0.6 is 24.8 Å². The minimum atomic E-state index is 0. The molecule has 1 amide bonds. The smallest absolute Gasteiger partial charge is 0.254 e. The van der Waals surface area contributed by atoms with Gasteiger partial charge in [0.2, 0.25) is 0 Å². The highest BCUT2D eigenvalue weighted by atomic mass is 35.5. The Morgan fingerprint density at radius 3 is 2.52 bits per heavy atom. The Hall–Kier alpha value is -1.04. The minimum Gasteiger partial charge on any atom is -0.373 e. The average molecular weight is 333 g/mol. The van der Waals surface area contributed by atoms with Gasteiger partial charge in [0.15, 0.2) is 0 Å². The van der Waals surface area contributed by atoms with Crippen molar-refractivity contribution in [3.8, 4) is 0 Å². The van der Waals surface area contributed by atoms with Crippen LogP contribution in [0.25, 0.3) is 0 Å². The van der Waals surface area contributed by atoms with Gasteiger partial charge in [-0.3, -0.25) is 4.79 Å². The SMILES string of the molecule is CNc1cc(C(=O)N2C[C@H]3CC[C@@H](C2)C3N)ccn1.Cl.Cl. The van der Waals surface area contributed by atoms with Gasteiger partial charge in [-0.05, 0) is 36.8 Å². The molecule has 5 nitrogen and oxygen atoms in total. The van der Waals surface area contributed by atoms with Crippen LogP contribution in [0.4, 0.5) is 5.82 Å². The number of nitrogens with one attached hydrogen (secondary N) is 1. The van der Waals surface area contributed by atoms with E-state index in [4.69, 9.17) is 5.73 Å². The molecule has 2 heterocycles. The first kappa shape index (κ1) is 18.0. The molecule has 2 fully saturated rings. The number of hydrogen-bond donors (Lipinski definition) is 2. The summed E-state index contributed by atoms with van der Waals surface area (Å²) in [7, 11) is 1.80. The largest absolute Gasteiger partial charge is 0.373 e. The third-order valence-corrected chi connectivity index (χ3v) is 4.46. The molecule has 1 aliphatic carbocycles. The first-order valence-electron chi connectivity index (χ1n) is 6.87. The zero-order valence-corrected chi connectivity index (χ0v) is 13.6. The fourth-order valence-electron chi connectivity index (χ4n) is 3.31. The molecule has 118 valence electrons. The summed E-state index contributed by atoms with van der Waals surface area (Å²) in [5.41, 5.74) is 6.88. The number of halogens is 2. The lowest BCUT2D eigenvalue weighted by atomic mass is 9.93. The van der Waals surface area contributed by atoms with E-state index in [0.717, 1.165) is 31.7 Å². The van der Waals surface area contributed by atoms with E-state index >= 15 is 0 Å². The molecule has 0 spiro atoms. The van der Waals surface area contributed by atoms with Gasteiger partial charge < -0.3 is 16.0 Å². The molecule has 21 heavy (non-hydrogen) atoms. The molecule has 0 radical (unpaired) electrons. The number of nitrogens with zero attached hydrogens (tertiary/aromatic N) is 2. The molecule has 0 aromatic carbocycles. The van der Waals surface area contributed by atoms with Gasteiger partial charge in [0.25, 0.3) is 5.91 Å². The topological polar surface area (TPSA) is 71.2 Å². The molecule has 2 aliphatic rings. The number of carbonyl (C=O) groups is 1. The van der Waals surface area contributed by atoms with Crippen LogP contribution in [-0.2, 0) is 0 Å². The van der Waals surface area contributed by atoms with Gasteiger partial charge >= 0.3 is 0 Å². The van der Waals surface area contributed by atoms with Crippen LogP contribution in [0.15, 0.2) is 18.3 Å². The predicted molar refractivity (Wildman–Crippen MR) is 88.4 cm³/mol. The molecule has 2 bridgehead atoms. The van der Waals surface area contributed by atoms with Crippen molar-refractivity contribution in [1.29, 1.82) is 0 Å². The van der Waals surface area contributed by atoms with Crippen molar-refractivity contribution in [1.82, 2.24) is 9.88 Å². The van der Waals surface area contributed by atoms with Crippen LogP contribution < -0.4 is 11.1 Å². The molecule has 3 rings (SSSR count). The van der Waals surface area contributed by atoms with Crippen molar-refractivity contribution in [3.05, 3.63) is 23.9 Å². The maximum absolute atomic E-state index is 12.5. The molecule has 1 saturated carbocycles. The molecule has 1 aromatic rings. The third kappa shape index (κ3) is 3.42. The lowest BCUT2D eigenvalue weighted by Gasteiger charge is -2.36. The molecule has 3 atom stereocenters. The fourth-order valence-corrected chi connectivity index (χ4v) is 3.31. The highest BCUT2D eigenvalue weighted by Gasteiger charge is 2.41. The lowest BCUT2D eigenvalue weighted by Crippen LogP contribution is -2.50. The first-order valence-corrected chi connectivity index (χ1v) is 6.87. The number of fused-ring (bicyclic) bond motifs is 2. The Balaban J connectivity index is 0.00000110. The highest BCUT2D eigenvalue weighted by molar-refractivity contribution is 5.95. The van der Waals surface area contributed by atoms with Crippen LogP contribution in [0.5, 0.6) is 0 Å². The Morgan fingerprint density at radius 2 is 1.95 bits per heavy atom. The summed E-state index contributed by atoms with van der Waals surface area (Å²) in [6.45, 7) is 1.60. The summed E-state index contributed by atoms with van der Waals surface area (Å²) in [6.07, 6.45) is 3.99. The standard InChI is InChI=1S/C14H20N4O.2ClH/c1-16-12-6-9(4-5-17-12)14(19)18-7-10-2-3-11(8-18)13(10)15;;/h4-6,10-11,13H,2-3,7-8,15H2,1H3,(H,16,17);2*1H/t10-,11+,13?;;. The van der Waals surface area contributed by atoms with Crippen molar-refractivity contribution in [2.45, 2.75) is 18.9 Å². The molecule has 1 unspecified atom stereocenters. The van der Waals surface area contributed by atoms with Crippen molar-refractivity contribution in [2.75, 3.05) is 25.5 Å². The van der Waals surface area contributed by atoms with Crippen molar-refractivity contribution in [2.24, 2.45) is 17.6 Å². The van der Waals surface area contributed by atoms with Crippen LogP contribution in [-0.4, -0.2) is 42.0 Å². The zero-order chi connectivity index (χ0) is 13.4. The van der Waals surface area contributed by atoms with Crippen molar-refractivity contribution >= 4 is 36.5 Å². The number of hydrogen-bond acceptors (Lipinski definition) is 4. The number of carbonyl (C=O) groups excluding carboxylic acids is 1. The maximum Gasteiger partial charge on any atom is 0.254 e. The van der Waals surface area contributed by atoms with E-state index in [1.165, 1.54) is 0 Å². The fraction of sp³-hybridized carbons (Fsp3) is 0.571. The number of nitrogens with two attached hydrogens (primary N) is 1. The van der Waals surface area contributed by atoms with Gasteiger partial charge in [-0.15, -0.1) is 24.8 Å². The second-order valence-corrected chi connectivity index (χ2v) is 5.56. The van der Waals surface area contributed by atoms with E-state index in [0.29, 0.717) is 17.4 Å². The number of piperidine rings is 1. The van der Waals surface area contributed by atoms with E-state index < -0.39 is 0 Å². The summed E-state index contributed by atoms with van der Waals surface area (Å²) in [5.74, 6) is 1.78. The quantitative estimate of drug-likeness (QED) is 0.865. The minimum absolute atomic E-state index is 0.